The molecule has 0 saturated carbocycles. The van der Waals surface area contributed by atoms with Crippen molar-refractivity contribution >= 4 is 76.2 Å². The maximum atomic E-state index is 11.8. The number of imidazole rings is 2. The minimum absolute atomic E-state index is 0.0502. The molecule has 2 saturated heterocycles. The van der Waals surface area contributed by atoms with Gasteiger partial charge >= 0.3 is 0 Å². The minimum Gasteiger partial charge on any atom is -0.346 e. The second kappa shape index (κ2) is 25.1. The molecule has 0 aromatic carbocycles. The van der Waals surface area contributed by atoms with E-state index in [-0.39, 0.29) is 20.8 Å². The molecule has 2 fully saturated rings. The molecule has 2 atom stereocenters. The number of H-pyrrole nitrogens is 2. The quantitative estimate of drug-likeness (QED) is 0.191. The number of aromatic nitrogens is 4. The predicted molar refractivity (Wildman–Crippen MR) is 208 cm³/mol. The molecule has 48 heavy (non-hydrogen) atoms. The van der Waals surface area contributed by atoms with Gasteiger partial charge in [0.25, 0.3) is 0 Å². The summed E-state index contributed by atoms with van der Waals surface area (Å²) >= 11 is 11.2. The molecule has 2 aromatic rings. The molecular weight excluding hydrogens is 804 g/mol. The van der Waals surface area contributed by atoms with Crippen LogP contribution in [0.25, 0.3) is 0 Å². The first kappa shape index (κ1) is 45.1. The molecule has 2 aliphatic rings. The zero-order valence-electron chi connectivity index (χ0n) is 29.7. The zero-order valence-corrected chi connectivity index (χ0v) is 35.3. The molecule has 276 valence electrons. The number of carbonyl (C=O) groups is 2. The standard InChI is InChI=1S/C13H20BrN3O2S.C11H18N2OS.C6H15N.C3H4BrClO/c1-9(14)13(18)17(2)8-11-7-15-12(16-11)10-3-5-20(19)6-4-10;1-2-3-10-8-12-11(13-10)9-4-6-15(14)7-5-9;1-4-7(5-2)6-3;1-2(4)3(5)6/h7,9-10H,3-6,8H2,1-2H3,(H,15,16);8-9H,2-7H2,1H3,(H,12,13);4-6H2,1-3H3;2H,1H3. The van der Waals surface area contributed by atoms with Gasteiger partial charge in [0, 0.05) is 75.4 Å². The normalized spacial score (nSPS) is 21.7. The van der Waals surface area contributed by atoms with Crippen LogP contribution in [-0.4, -0.2) is 109 Å². The molecule has 2 unspecified atom stereocenters. The van der Waals surface area contributed by atoms with Crippen molar-refractivity contribution < 1.29 is 18.0 Å². The third-order valence-corrected chi connectivity index (χ3v) is 12.3. The first-order chi connectivity index (χ1) is 22.8. The number of hydrogen-bond acceptors (Lipinski definition) is 7. The lowest BCUT2D eigenvalue weighted by molar-refractivity contribution is -0.129. The van der Waals surface area contributed by atoms with E-state index in [1.54, 1.807) is 25.1 Å². The topological polar surface area (TPSA) is 132 Å². The summed E-state index contributed by atoms with van der Waals surface area (Å²) in [4.78, 5) is 40.9. The Hall–Kier alpha value is -0.930. The van der Waals surface area contributed by atoms with Gasteiger partial charge in [0.1, 0.15) is 11.6 Å². The molecule has 1 amide bonds. The number of halogens is 3. The van der Waals surface area contributed by atoms with E-state index in [9.17, 15) is 18.0 Å². The SMILES string of the molecule is CC(Br)C(=O)Cl.CC(Br)C(=O)N(C)Cc1cnc(C2CCS(=O)CC2)[nH]1.CCCc1cnc(C2CCS(=O)CC2)[nH]1.CCN(CC)CC. The van der Waals surface area contributed by atoms with E-state index >= 15 is 0 Å². The van der Waals surface area contributed by atoms with E-state index in [1.165, 1.54) is 25.3 Å². The Bertz CT molecular complexity index is 1230. The fraction of sp³-hybridized carbons (Fsp3) is 0.758. The molecule has 2 aliphatic heterocycles. The third-order valence-electron chi connectivity index (χ3n) is 8.14. The zero-order chi connectivity index (χ0) is 36.2. The predicted octanol–water partition coefficient (Wildman–Crippen LogP) is 6.65. The van der Waals surface area contributed by atoms with Crippen molar-refractivity contribution in [2.45, 2.75) is 108 Å². The van der Waals surface area contributed by atoms with E-state index in [4.69, 9.17) is 11.6 Å². The molecule has 2 aromatic heterocycles. The number of aromatic amines is 2. The number of carbonyl (C=O) groups excluding carboxylic acids is 2. The summed E-state index contributed by atoms with van der Waals surface area (Å²) in [6, 6.07) is 0. The minimum atomic E-state index is -0.648. The summed E-state index contributed by atoms with van der Waals surface area (Å²) < 4.78 is 22.6. The molecule has 10 nitrogen and oxygen atoms in total. The average molecular weight is 861 g/mol. The van der Waals surface area contributed by atoms with Crippen LogP contribution < -0.4 is 0 Å². The lowest BCUT2D eigenvalue weighted by Crippen LogP contribution is -2.31. The van der Waals surface area contributed by atoms with Gasteiger partial charge in [0.05, 0.1) is 28.1 Å². The summed E-state index contributed by atoms with van der Waals surface area (Å²) in [6.07, 6.45) is 9.85. The Morgan fingerprint density at radius 1 is 0.833 bits per heavy atom. The van der Waals surface area contributed by atoms with Crippen LogP contribution in [0.1, 0.15) is 109 Å². The molecule has 4 heterocycles. The fourth-order valence-electron chi connectivity index (χ4n) is 5.09. The molecule has 0 radical (unpaired) electrons. The van der Waals surface area contributed by atoms with Crippen LogP contribution >= 0.6 is 43.5 Å². The van der Waals surface area contributed by atoms with E-state index in [0.29, 0.717) is 18.4 Å². The summed E-state index contributed by atoms with van der Waals surface area (Å²) in [6.45, 7) is 16.3. The van der Waals surface area contributed by atoms with Gasteiger partial charge in [-0.3, -0.25) is 18.0 Å². The molecule has 4 rings (SSSR count). The van der Waals surface area contributed by atoms with Crippen molar-refractivity contribution in [3.8, 4) is 0 Å². The van der Waals surface area contributed by atoms with E-state index in [1.807, 2.05) is 13.1 Å². The van der Waals surface area contributed by atoms with Gasteiger partial charge in [0.2, 0.25) is 11.1 Å². The van der Waals surface area contributed by atoms with Crippen molar-refractivity contribution in [1.82, 2.24) is 29.7 Å². The van der Waals surface area contributed by atoms with Gasteiger partial charge in [-0.2, -0.15) is 0 Å². The Labute approximate surface area is 315 Å². The van der Waals surface area contributed by atoms with E-state index < -0.39 is 21.6 Å². The van der Waals surface area contributed by atoms with E-state index in [2.05, 4.69) is 84.4 Å². The largest absolute Gasteiger partial charge is 0.346 e. The highest BCUT2D eigenvalue weighted by atomic mass is 79.9. The summed E-state index contributed by atoms with van der Waals surface area (Å²) in [5.74, 6) is 6.21. The number of aryl methyl sites for hydroxylation is 1. The highest BCUT2D eigenvalue weighted by Crippen LogP contribution is 2.27. The molecular formula is C33H57Br2ClN6O4S2. The van der Waals surface area contributed by atoms with Crippen LogP contribution in [0.3, 0.4) is 0 Å². The van der Waals surface area contributed by atoms with Gasteiger partial charge < -0.3 is 19.8 Å². The Morgan fingerprint density at radius 3 is 1.56 bits per heavy atom. The molecule has 2 N–H and O–H groups in total. The number of nitrogens with one attached hydrogen (secondary N) is 2. The van der Waals surface area contributed by atoms with Crippen molar-refractivity contribution in [3.05, 3.63) is 35.4 Å². The van der Waals surface area contributed by atoms with Crippen LogP contribution in [0.2, 0.25) is 0 Å². The van der Waals surface area contributed by atoms with E-state index in [0.717, 1.165) is 78.9 Å². The average Bonchev–Trinajstić information content (AvgIpc) is 3.73. The Balaban J connectivity index is 0.000000360. The van der Waals surface area contributed by atoms with Crippen LogP contribution in [-0.2, 0) is 44.2 Å². The smallest absolute Gasteiger partial charge is 0.236 e. The number of rotatable bonds is 11. The lowest BCUT2D eigenvalue weighted by atomic mass is 10.0. The van der Waals surface area contributed by atoms with Crippen LogP contribution in [0.15, 0.2) is 12.4 Å². The fourth-order valence-corrected chi connectivity index (χ4v) is 8.03. The van der Waals surface area contributed by atoms with Gasteiger partial charge in [-0.25, -0.2) is 9.97 Å². The van der Waals surface area contributed by atoms with Crippen LogP contribution in [0.4, 0.5) is 0 Å². The monoisotopic (exact) mass is 858 g/mol. The summed E-state index contributed by atoms with van der Waals surface area (Å²) in [5, 5.41) is -0.352. The van der Waals surface area contributed by atoms with Crippen molar-refractivity contribution in [1.29, 1.82) is 0 Å². The highest BCUT2D eigenvalue weighted by molar-refractivity contribution is 9.10. The first-order valence-electron chi connectivity index (χ1n) is 17.0. The van der Waals surface area contributed by atoms with Crippen molar-refractivity contribution in [2.75, 3.05) is 49.7 Å². The summed E-state index contributed by atoms with van der Waals surface area (Å²) in [7, 11) is 0.561. The number of nitrogens with zero attached hydrogens (tertiary/aromatic N) is 4. The second-order valence-corrected chi connectivity index (χ2v) is 18.4. The number of hydrogen-bond donors (Lipinski definition) is 2. The molecule has 15 heteroatoms. The lowest BCUT2D eigenvalue weighted by Gasteiger charge is -2.19. The Kier molecular flexibility index (Phi) is 23.6. The molecule has 0 spiro atoms. The van der Waals surface area contributed by atoms with Gasteiger partial charge in [0.15, 0.2) is 0 Å². The van der Waals surface area contributed by atoms with Crippen molar-refractivity contribution in [3.63, 3.8) is 0 Å². The van der Waals surface area contributed by atoms with Gasteiger partial charge in [-0.15, -0.1) is 0 Å². The number of alkyl halides is 2. The van der Waals surface area contributed by atoms with Gasteiger partial charge in [-0.05, 0) is 77.2 Å². The van der Waals surface area contributed by atoms with Crippen LogP contribution in [0, 0.1) is 0 Å². The maximum absolute atomic E-state index is 11.8. The van der Waals surface area contributed by atoms with Crippen molar-refractivity contribution in [2.24, 2.45) is 0 Å². The molecule has 0 aliphatic carbocycles. The van der Waals surface area contributed by atoms with Crippen LogP contribution in [0.5, 0.6) is 0 Å². The molecule has 0 bridgehead atoms. The highest BCUT2D eigenvalue weighted by Gasteiger charge is 2.23. The van der Waals surface area contributed by atoms with Gasteiger partial charge in [-0.1, -0.05) is 66.0 Å². The first-order valence-corrected chi connectivity index (χ1v) is 22.2. The third kappa shape index (κ3) is 17.8. The summed E-state index contributed by atoms with van der Waals surface area (Å²) in [5.41, 5.74) is 2.18. The maximum Gasteiger partial charge on any atom is 0.236 e. The second-order valence-electron chi connectivity index (χ2n) is 11.9. The Morgan fingerprint density at radius 2 is 1.23 bits per heavy atom. The number of amides is 1.